The van der Waals surface area contributed by atoms with Gasteiger partial charge in [0.1, 0.15) is 18.4 Å². The molecule has 0 fully saturated rings. The highest BCUT2D eigenvalue weighted by molar-refractivity contribution is 5.85. The van der Waals surface area contributed by atoms with Crippen LogP contribution in [-0.2, 0) is 9.53 Å². The van der Waals surface area contributed by atoms with Gasteiger partial charge in [-0.05, 0) is 45.2 Å². The second-order valence-electron chi connectivity index (χ2n) is 6.81. The molecule has 2 atom stereocenters. The first kappa shape index (κ1) is 20.8. The molecular weight excluding hydrogens is 320 g/mol. The molecule has 2 N–H and O–H groups in total. The lowest BCUT2D eigenvalue weighted by molar-refractivity contribution is -0.124. The van der Waals surface area contributed by atoms with E-state index in [0.29, 0.717) is 13.0 Å². The van der Waals surface area contributed by atoms with Gasteiger partial charge >= 0.3 is 6.09 Å². The molecule has 0 heterocycles. The Morgan fingerprint density at radius 1 is 1.00 bits per heavy atom. The molecule has 2 unspecified atom stereocenters. The number of carbonyl (C=O) groups excluding carboxylic acids is 2. The van der Waals surface area contributed by atoms with Crippen molar-refractivity contribution in [3.8, 4) is 5.75 Å². The number of amides is 2. The predicted octanol–water partition coefficient (Wildman–Crippen LogP) is 3.12. The zero-order chi connectivity index (χ0) is 18.8. The van der Waals surface area contributed by atoms with Gasteiger partial charge in [0.15, 0.2) is 0 Å². The van der Waals surface area contributed by atoms with Crippen molar-refractivity contribution in [2.24, 2.45) is 5.92 Å². The Kier molecular flexibility index (Phi) is 8.81. The second kappa shape index (κ2) is 10.6. The van der Waals surface area contributed by atoms with Gasteiger partial charge in [-0.3, -0.25) is 4.79 Å². The summed E-state index contributed by atoms with van der Waals surface area (Å²) in [5.74, 6) is 0.769. The van der Waals surface area contributed by atoms with E-state index in [1.165, 1.54) is 0 Å². The van der Waals surface area contributed by atoms with Crippen LogP contribution in [0, 0.1) is 5.92 Å². The SMILES string of the molecule is CC(C)CC(NC(=O)OC(C)C)C(=O)NC(C)COc1ccccc1. The van der Waals surface area contributed by atoms with E-state index in [4.69, 9.17) is 9.47 Å². The number of rotatable bonds is 9. The van der Waals surface area contributed by atoms with Crippen LogP contribution in [0.1, 0.15) is 41.0 Å². The average Bonchev–Trinajstić information content (AvgIpc) is 2.52. The van der Waals surface area contributed by atoms with Gasteiger partial charge in [-0.2, -0.15) is 0 Å². The molecule has 0 bridgehead atoms. The van der Waals surface area contributed by atoms with Crippen LogP contribution in [0.4, 0.5) is 4.79 Å². The van der Waals surface area contributed by atoms with E-state index in [1.807, 2.05) is 51.1 Å². The van der Waals surface area contributed by atoms with Crippen LogP contribution in [0.2, 0.25) is 0 Å². The Bertz CT molecular complexity index is 531. The molecule has 25 heavy (non-hydrogen) atoms. The largest absolute Gasteiger partial charge is 0.491 e. The molecule has 0 spiro atoms. The normalized spacial score (nSPS) is 13.2. The summed E-state index contributed by atoms with van der Waals surface area (Å²) in [6, 6.07) is 8.59. The summed E-state index contributed by atoms with van der Waals surface area (Å²) in [7, 11) is 0. The molecule has 0 aliphatic rings. The molecule has 6 nitrogen and oxygen atoms in total. The van der Waals surface area contributed by atoms with E-state index < -0.39 is 12.1 Å². The summed E-state index contributed by atoms with van der Waals surface area (Å²) in [6.45, 7) is 9.73. The fourth-order valence-electron chi connectivity index (χ4n) is 2.22. The van der Waals surface area contributed by atoms with Gasteiger partial charge in [-0.1, -0.05) is 32.0 Å². The Morgan fingerprint density at radius 3 is 2.20 bits per heavy atom. The molecule has 0 aliphatic heterocycles. The molecule has 1 rings (SSSR count). The molecule has 140 valence electrons. The third kappa shape index (κ3) is 8.98. The van der Waals surface area contributed by atoms with Crippen molar-refractivity contribution in [3.63, 3.8) is 0 Å². The van der Waals surface area contributed by atoms with E-state index >= 15 is 0 Å². The monoisotopic (exact) mass is 350 g/mol. The van der Waals surface area contributed by atoms with Crippen LogP contribution >= 0.6 is 0 Å². The van der Waals surface area contributed by atoms with Crippen LogP contribution < -0.4 is 15.4 Å². The van der Waals surface area contributed by atoms with E-state index in [1.54, 1.807) is 13.8 Å². The number of para-hydroxylation sites is 1. The summed E-state index contributed by atoms with van der Waals surface area (Å²) in [5, 5.41) is 5.52. The molecule has 0 saturated heterocycles. The van der Waals surface area contributed by atoms with Crippen LogP contribution in [0.25, 0.3) is 0 Å². The van der Waals surface area contributed by atoms with Gasteiger partial charge in [0, 0.05) is 0 Å². The van der Waals surface area contributed by atoms with Crippen molar-refractivity contribution < 1.29 is 19.1 Å². The van der Waals surface area contributed by atoms with Crippen LogP contribution in [0.3, 0.4) is 0 Å². The average molecular weight is 350 g/mol. The highest BCUT2D eigenvalue weighted by Crippen LogP contribution is 2.09. The number of nitrogens with one attached hydrogen (secondary N) is 2. The molecule has 2 amide bonds. The summed E-state index contributed by atoms with van der Waals surface area (Å²) in [5.41, 5.74) is 0. The van der Waals surface area contributed by atoms with Gasteiger partial charge in [-0.25, -0.2) is 4.79 Å². The van der Waals surface area contributed by atoms with Gasteiger partial charge in [0.05, 0.1) is 12.1 Å². The van der Waals surface area contributed by atoms with Crippen molar-refractivity contribution in [2.75, 3.05) is 6.61 Å². The minimum Gasteiger partial charge on any atom is -0.491 e. The molecule has 0 aromatic heterocycles. The van der Waals surface area contributed by atoms with Crippen LogP contribution in [0.5, 0.6) is 5.75 Å². The first-order valence-corrected chi connectivity index (χ1v) is 8.73. The summed E-state index contributed by atoms with van der Waals surface area (Å²) >= 11 is 0. The van der Waals surface area contributed by atoms with Gasteiger partial charge in [0.2, 0.25) is 5.91 Å². The minimum absolute atomic E-state index is 0.190. The Labute approximate surface area is 150 Å². The van der Waals surface area contributed by atoms with Crippen molar-refractivity contribution in [2.45, 2.75) is 59.2 Å². The Morgan fingerprint density at radius 2 is 1.64 bits per heavy atom. The third-order valence-corrected chi connectivity index (χ3v) is 3.29. The zero-order valence-corrected chi connectivity index (χ0v) is 15.7. The lowest BCUT2D eigenvalue weighted by Crippen LogP contribution is -2.51. The van der Waals surface area contributed by atoms with Crippen molar-refractivity contribution in [1.82, 2.24) is 10.6 Å². The smallest absolute Gasteiger partial charge is 0.408 e. The number of alkyl carbamates (subject to hydrolysis) is 1. The molecular formula is C19H30N2O4. The third-order valence-electron chi connectivity index (χ3n) is 3.29. The number of ether oxygens (including phenoxy) is 2. The minimum atomic E-state index is -0.634. The maximum atomic E-state index is 12.5. The summed E-state index contributed by atoms with van der Waals surface area (Å²) in [6.07, 6.45) is -0.282. The first-order chi connectivity index (χ1) is 11.8. The molecule has 0 saturated carbocycles. The van der Waals surface area contributed by atoms with Gasteiger partial charge in [-0.15, -0.1) is 0 Å². The van der Waals surface area contributed by atoms with Crippen LogP contribution in [0.15, 0.2) is 30.3 Å². The van der Waals surface area contributed by atoms with Crippen molar-refractivity contribution in [3.05, 3.63) is 30.3 Å². The topological polar surface area (TPSA) is 76.7 Å². The zero-order valence-electron chi connectivity index (χ0n) is 15.7. The Balaban J connectivity index is 2.53. The van der Waals surface area contributed by atoms with E-state index in [-0.39, 0.29) is 24.0 Å². The highest BCUT2D eigenvalue weighted by Gasteiger charge is 2.24. The first-order valence-electron chi connectivity index (χ1n) is 8.73. The number of carbonyl (C=O) groups is 2. The number of hydrogen-bond donors (Lipinski definition) is 2. The fraction of sp³-hybridized carbons (Fsp3) is 0.579. The second-order valence-corrected chi connectivity index (χ2v) is 6.81. The number of benzene rings is 1. The lowest BCUT2D eigenvalue weighted by Gasteiger charge is -2.23. The van der Waals surface area contributed by atoms with Crippen molar-refractivity contribution >= 4 is 12.0 Å². The summed E-state index contributed by atoms with van der Waals surface area (Å²) in [4.78, 5) is 24.3. The highest BCUT2D eigenvalue weighted by atomic mass is 16.6. The standard InChI is InChI=1S/C19H30N2O4/c1-13(2)11-17(21-19(23)25-14(3)4)18(22)20-15(5)12-24-16-9-7-6-8-10-16/h6-10,13-15,17H,11-12H2,1-5H3,(H,20,22)(H,21,23). The molecule has 6 heteroatoms. The van der Waals surface area contributed by atoms with Gasteiger partial charge in [0.25, 0.3) is 0 Å². The maximum absolute atomic E-state index is 12.5. The molecule has 0 aliphatic carbocycles. The lowest BCUT2D eigenvalue weighted by atomic mass is 10.0. The predicted molar refractivity (Wildman–Crippen MR) is 97.5 cm³/mol. The van der Waals surface area contributed by atoms with E-state index in [9.17, 15) is 9.59 Å². The quantitative estimate of drug-likeness (QED) is 0.717. The van der Waals surface area contributed by atoms with Crippen LogP contribution in [-0.4, -0.2) is 36.8 Å². The number of hydrogen-bond acceptors (Lipinski definition) is 4. The summed E-state index contributed by atoms with van der Waals surface area (Å²) < 4.78 is 10.7. The van der Waals surface area contributed by atoms with Crippen molar-refractivity contribution in [1.29, 1.82) is 0 Å². The van der Waals surface area contributed by atoms with Gasteiger partial charge < -0.3 is 20.1 Å². The molecule has 1 aromatic carbocycles. The molecule has 0 radical (unpaired) electrons. The molecule has 1 aromatic rings. The Hall–Kier alpha value is -2.24. The van der Waals surface area contributed by atoms with E-state index in [2.05, 4.69) is 10.6 Å². The van der Waals surface area contributed by atoms with E-state index in [0.717, 1.165) is 5.75 Å². The fourth-order valence-corrected chi connectivity index (χ4v) is 2.22. The maximum Gasteiger partial charge on any atom is 0.408 e.